The van der Waals surface area contributed by atoms with Crippen molar-refractivity contribution in [2.75, 3.05) is 0 Å². The summed E-state index contributed by atoms with van der Waals surface area (Å²) in [5, 5.41) is 7.46. The molecule has 14 heavy (non-hydrogen) atoms. The summed E-state index contributed by atoms with van der Waals surface area (Å²) in [6.45, 7) is 7.53. The van der Waals surface area contributed by atoms with Crippen molar-refractivity contribution in [3.63, 3.8) is 0 Å². The summed E-state index contributed by atoms with van der Waals surface area (Å²) in [7, 11) is 0. The minimum absolute atomic E-state index is 0.0780. The highest BCUT2D eigenvalue weighted by molar-refractivity contribution is 8.00. The first-order valence-corrected chi connectivity index (χ1v) is 5.48. The molecule has 0 aliphatic heterocycles. The largest absolute Gasteiger partial charge is 0.299 e. The summed E-state index contributed by atoms with van der Waals surface area (Å²) in [5.74, 6) is 1.35. The maximum Gasteiger partial charge on any atom is 0.209 e. The number of hydrogen-bond acceptors (Lipinski definition) is 4. The zero-order valence-electron chi connectivity index (χ0n) is 8.87. The number of aromatic amines is 1. The number of nitrogens with one attached hydrogen (secondary N) is 1. The van der Waals surface area contributed by atoms with Crippen molar-refractivity contribution in [1.82, 2.24) is 15.2 Å². The Morgan fingerprint density at radius 1 is 1.43 bits per heavy atom. The standard InChI is InChI=1S/C9H15N3OS/c1-5(2)8-10-9(12-11-8)14-7(4)6(3)13/h5,7H,1-4H3,(H,10,11,12). The highest BCUT2D eigenvalue weighted by Crippen LogP contribution is 2.21. The van der Waals surface area contributed by atoms with Gasteiger partial charge in [-0.05, 0) is 13.8 Å². The predicted molar refractivity (Wildman–Crippen MR) is 56.5 cm³/mol. The number of thioether (sulfide) groups is 1. The van der Waals surface area contributed by atoms with Crippen LogP contribution in [0, 0.1) is 0 Å². The summed E-state index contributed by atoms with van der Waals surface area (Å²) in [5.41, 5.74) is 0. The van der Waals surface area contributed by atoms with Gasteiger partial charge in [-0.1, -0.05) is 25.6 Å². The van der Waals surface area contributed by atoms with Crippen LogP contribution in [0.1, 0.15) is 39.4 Å². The topological polar surface area (TPSA) is 58.6 Å². The molecule has 78 valence electrons. The Balaban J connectivity index is 2.64. The van der Waals surface area contributed by atoms with Gasteiger partial charge < -0.3 is 0 Å². The Morgan fingerprint density at radius 2 is 2.07 bits per heavy atom. The maximum atomic E-state index is 11.0. The fraction of sp³-hybridized carbons (Fsp3) is 0.667. The third-order valence-electron chi connectivity index (χ3n) is 1.88. The Hall–Kier alpha value is -0.840. The molecule has 0 spiro atoms. The molecule has 1 aromatic rings. The molecule has 0 aliphatic carbocycles. The average Bonchev–Trinajstić information content (AvgIpc) is 2.52. The van der Waals surface area contributed by atoms with Crippen LogP contribution in [0.3, 0.4) is 0 Å². The highest BCUT2D eigenvalue weighted by Gasteiger charge is 2.13. The molecule has 0 bridgehead atoms. The van der Waals surface area contributed by atoms with Crippen LogP contribution in [0.2, 0.25) is 0 Å². The number of carbonyl (C=O) groups excluding carboxylic acids is 1. The van der Waals surface area contributed by atoms with Gasteiger partial charge in [-0.2, -0.15) is 0 Å². The van der Waals surface area contributed by atoms with Crippen LogP contribution in [0.4, 0.5) is 0 Å². The Labute approximate surface area is 87.9 Å². The van der Waals surface area contributed by atoms with E-state index in [0.717, 1.165) is 5.82 Å². The molecule has 0 saturated heterocycles. The van der Waals surface area contributed by atoms with Gasteiger partial charge in [0.25, 0.3) is 0 Å². The van der Waals surface area contributed by atoms with E-state index in [4.69, 9.17) is 0 Å². The molecular formula is C9H15N3OS. The van der Waals surface area contributed by atoms with Crippen molar-refractivity contribution in [3.8, 4) is 0 Å². The SMILES string of the molecule is CC(=O)C(C)Sc1n[nH]c(C(C)C)n1. The van der Waals surface area contributed by atoms with E-state index in [1.807, 2.05) is 20.8 Å². The molecule has 1 N–H and O–H groups in total. The van der Waals surface area contributed by atoms with Crippen molar-refractivity contribution in [1.29, 1.82) is 0 Å². The molecular weight excluding hydrogens is 198 g/mol. The van der Waals surface area contributed by atoms with Crippen LogP contribution >= 0.6 is 11.8 Å². The van der Waals surface area contributed by atoms with E-state index < -0.39 is 0 Å². The molecule has 5 heteroatoms. The number of H-pyrrole nitrogens is 1. The van der Waals surface area contributed by atoms with Crippen LogP contribution in [-0.4, -0.2) is 26.2 Å². The summed E-state index contributed by atoms with van der Waals surface area (Å²) >= 11 is 1.39. The van der Waals surface area contributed by atoms with Gasteiger partial charge in [0.1, 0.15) is 11.6 Å². The molecule has 0 radical (unpaired) electrons. The van der Waals surface area contributed by atoms with E-state index in [-0.39, 0.29) is 11.0 Å². The van der Waals surface area contributed by atoms with Crippen molar-refractivity contribution in [3.05, 3.63) is 5.82 Å². The number of ketones is 1. The molecule has 4 nitrogen and oxygen atoms in total. The number of Topliss-reactive ketones (excluding diaryl/α,β-unsaturated/α-hetero) is 1. The Morgan fingerprint density at radius 3 is 2.50 bits per heavy atom. The smallest absolute Gasteiger partial charge is 0.209 e. The molecule has 1 rings (SSSR count). The molecule has 1 unspecified atom stereocenters. The quantitative estimate of drug-likeness (QED) is 0.777. The number of carbonyl (C=O) groups is 1. The van der Waals surface area contributed by atoms with Gasteiger partial charge in [-0.25, -0.2) is 4.98 Å². The fourth-order valence-electron chi connectivity index (χ4n) is 0.810. The lowest BCUT2D eigenvalue weighted by molar-refractivity contribution is -0.116. The molecule has 1 atom stereocenters. The zero-order chi connectivity index (χ0) is 10.7. The van der Waals surface area contributed by atoms with E-state index in [2.05, 4.69) is 15.2 Å². The summed E-state index contributed by atoms with van der Waals surface area (Å²) in [6.07, 6.45) is 0. The van der Waals surface area contributed by atoms with Crippen molar-refractivity contribution in [2.24, 2.45) is 0 Å². The normalized spacial score (nSPS) is 13.2. The lowest BCUT2D eigenvalue weighted by Gasteiger charge is -2.01. The molecule has 0 fully saturated rings. The average molecular weight is 213 g/mol. The summed E-state index contributed by atoms with van der Waals surface area (Å²) in [6, 6.07) is 0. The van der Waals surface area contributed by atoms with Crippen LogP contribution in [-0.2, 0) is 4.79 Å². The number of nitrogens with zero attached hydrogens (tertiary/aromatic N) is 2. The van der Waals surface area contributed by atoms with Crippen LogP contribution < -0.4 is 0 Å². The third kappa shape index (κ3) is 2.83. The van der Waals surface area contributed by atoms with Gasteiger partial charge in [0.15, 0.2) is 0 Å². The van der Waals surface area contributed by atoms with Crippen LogP contribution in [0.5, 0.6) is 0 Å². The Kier molecular flexibility index (Phi) is 3.69. The second-order valence-electron chi connectivity index (χ2n) is 3.53. The first kappa shape index (κ1) is 11.2. The molecule has 0 saturated carbocycles. The van der Waals surface area contributed by atoms with Gasteiger partial charge in [0.05, 0.1) is 5.25 Å². The first-order chi connectivity index (χ1) is 6.50. The second-order valence-corrected chi connectivity index (χ2v) is 4.84. The molecule has 0 aliphatic rings. The van der Waals surface area contributed by atoms with E-state index in [1.54, 1.807) is 6.92 Å². The number of rotatable bonds is 4. The van der Waals surface area contributed by atoms with E-state index in [1.165, 1.54) is 11.8 Å². The maximum absolute atomic E-state index is 11.0. The molecule has 0 amide bonds. The van der Waals surface area contributed by atoms with Crippen molar-refractivity contribution < 1.29 is 4.79 Å². The van der Waals surface area contributed by atoms with E-state index in [9.17, 15) is 4.79 Å². The van der Waals surface area contributed by atoms with Crippen LogP contribution in [0.25, 0.3) is 0 Å². The van der Waals surface area contributed by atoms with Gasteiger partial charge in [0.2, 0.25) is 5.16 Å². The van der Waals surface area contributed by atoms with Crippen molar-refractivity contribution in [2.45, 2.75) is 44.0 Å². The van der Waals surface area contributed by atoms with E-state index in [0.29, 0.717) is 11.1 Å². The summed E-state index contributed by atoms with van der Waals surface area (Å²) in [4.78, 5) is 15.3. The lowest BCUT2D eigenvalue weighted by atomic mass is 10.2. The first-order valence-electron chi connectivity index (χ1n) is 4.60. The van der Waals surface area contributed by atoms with Gasteiger partial charge in [0, 0.05) is 5.92 Å². The van der Waals surface area contributed by atoms with Crippen molar-refractivity contribution >= 4 is 17.5 Å². The number of hydrogen-bond donors (Lipinski definition) is 1. The second kappa shape index (κ2) is 4.59. The molecule has 1 aromatic heterocycles. The summed E-state index contributed by atoms with van der Waals surface area (Å²) < 4.78 is 0. The van der Waals surface area contributed by atoms with Gasteiger partial charge >= 0.3 is 0 Å². The lowest BCUT2D eigenvalue weighted by Crippen LogP contribution is -2.08. The molecule has 1 heterocycles. The fourth-order valence-corrected chi connectivity index (χ4v) is 1.54. The highest BCUT2D eigenvalue weighted by atomic mass is 32.2. The zero-order valence-corrected chi connectivity index (χ0v) is 9.68. The third-order valence-corrected chi connectivity index (χ3v) is 2.96. The van der Waals surface area contributed by atoms with Gasteiger partial charge in [-0.15, -0.1) is 5.10 Å². The predicted octanol–water partition coefficient (Wildman–Crippen LogP) is 2.00. The van der Waals surface area contributed by atoms with E-state index >= 15 is 0 Å². The Bertz CT molecular complexity index is 322. The monoisotopic (exact) mass is 213 g/mol. The van der Waals surface area contributed by atoms with Gasteiger partial charge in [-0.3, -0.25) is 9.89 Å². The minimum atomic E-state index is -0.0780. The minimum Gasteiger partial charge on any atom is -0.299 e. The number of aromatic nitrogens is 3. The van der Waals surface area contributed by atoms with Crippen LogP contribution in [0.15, 0.2) is 5.16 Å². The molecule has 0 aromatic carbocycles.